The number of piperidine rings is 2. The van der Waals surface area contributed by atoms with Crippen molar-refractivity contribution in [2.24, 2.45) is 5.92 Å². The van der Waals surface area contributed by atoms with E-state index >= 15 is 0 Å². The number of likely N-dealkylation sites (tertiary alicyclic amines) is 2. The van der Waals surface area contributed by atoms with Gasteiger partial charge in [-0.3, -0.25) is 14.4 Å². The number of rotatable bonds is 5. The normalized spacial score (nSPS) is 26.1. The minimum atomic E-state index is -0.0969. The van der Waals surface area contributed by atoms with E-state index in [1.807, 2.05) is 9.80 Å². The van der Waals surface area contributed by atoms with Gasteiger partial charge in [0.15, 0.2) is 0 Å². The minimum absolute atomic E-state index is 0.0370. The van der Waals surface area contributed by atoms with Crippen LogP contribution >= 0.6 is 0 Å². The van der Waals surface area contributed by atoms with E-state index in [0.29, 0.717) is 44.9 Å². The molecule has 0 aromatic rings. The summed E-state index contributed by atoms with van der Waals surface area (Å²) in [6, 6.07) is 0.346. The molecule has 2 saturated heterocycles. The molecule has 0 spiro atoms. The highest BCUT2D eigenvalue weighted by Crippen LogP contribution is 2.28. The van der Waals surface area contributed by atoms with Gasteiger partial charge >= 0.3 is 0 Å². The molecule has 6 nitrogen and oxygen atoms in total. The fraction of sp³-hybridized carbons (Fsp3) is 0.833. The second-order valence-electron chi connectivity index (χ2n) is 7.35. The summed E-state index contributed by atoms with van der Waals surface area (Å²) in [6.45, 7) is 2.49. The minimum Gasteiger partial charge on any atom is -0.354 e. The predicted molar refractivity (Wildman–Crippen MR) is 90.1 cm³/mol. The van der Waals surface area contributed by atoms with Crippen LogP contribution in [0, 0.1) is 5.92 Å². The summed E-state index contributed by atoms with van der Waals surface area (Å²) >= 11 is 0. The highest BCUT2D eigenvalue weighted by molar-refractivity contribution is 5.84. The van der Waals surface area contributed by atoms with Gasteiger partial charge in [0.1, 0.15) is 0 Å². The van der Waals surface area contributed by atoms with Crippen LogP contribution in [-0.4, -0.2) is 59.7 Å². The Morgan fingerprint density at radius 2 is 1.79 bits per heavy atom. The summed E-state index contributed by atoms with van der Waals surface area (Å²) in [6.07, 6.45) is 8.35. The molecule has 1 atom stereocenters. The molecule has 0 radical (unpaired) electrons. The lowest BCUT2D eigenvalue weighted by molar-refractivity contribution is -0.141. The SMILES string of the molecule is O=C(NCCN1CCCCC1=O)C1CCC(=O)N(C2CCCC2)C1. The monoisotopic (exact) mass is 335 g/mol. The van der Waals surface area contributed by atoms with Crippen molar-refractivity contribution in [2.75, 3.05) is 26.2 Å². The van der Waals surface area contributed by atoms with Crippen LogP contribution < -0.4 is 5.32 Å². The summed E-state index contributed by atoms with van der Waals surface area (Å²) in [5.41, 5.74) is 0. The van der Waals surface area contributed by atoms with Crippen molar-refractivity contribution < 1.29 is 14.4 Å². The van der Waals surface area contributed by atoms with E-state index in [0.717, 1.165) is 32.2 Å². The van der Waals surface area contributed by atoms with Crippen LogP contribution in [0.4, 0.5) is 0 Å². The standard InChI is InChI=1S/C18H29N3O3/c22-16-7-3-4-11-20(16)12-10-19-18(24)14-8-9-17(23)21(13-14)15-5-1-2-6-15/h14-15H,1-13H2,(H,19,24). The third-order valence-corrected chi connectivity index (χ3v) is 5.68. The Kier molecular flexibility index (Phi) is 5.74. The van der Waals surface area contributed by atoms with E-state index < -0.39 is 0 Å². The zero-order chi connectivity index (χ0) is 16.9. The zero-order valence-corrected chi connectivity index (χ0v) is 14.5. The first-order valence-electron chi connectivity index (χ1n) is 9.50. The first-order chi connectivity index (χ1) is 11.6. The molecule has 0 aromatic heterocycles. The van der Waals surface area contributed by atoms with Gasteiger partial charge in [-0.2, -0.15) is 0 Å². The molecule has 0 aromatic carbocycles. The number of nitrogens with one attached hydrogen (secondary N) is 1. The van der Waals surface area contributed by atoms with Gasteiger partial charge in [-0.1, -0.05) is 12.8 Å². The van der Waals surface area contributed by atoms with Crippen molar-refractivity contribution in [1.82, 2.24) is 15.1 Å². The van der Waals surface area contributed by atoms with E-state index in [1.54, 1.807) is 0 Å². The van der Waals surface area contributed by atoms with Gasteiger partial charge in [0.2, 0.25) is 17.7 Å². The first-order valence-corrected chi connectivity index (χ1v) is 9.50. The van der Waals surface area contributed by atoms with Gasteiger partial charge in [0.25, 0.3) is 0 Å². The summed E-state index contributed by atoms with van der Waals surface area (Å²) in [5, 5.41) is 2.98. The zero-order valence-electron chi connectivity index (χ0n) is 14.5. The van der Waals surface area contributed by atoms with Crippen LogP contribution in [0.1, 0.15) is 57.8 Å². The average molecular weight is 335 g/mol. The lowest BCUT2D eigenvalue weighted by Gasteiger charge is -2.36. The maximum absolute atomic E-state index is 12.4. The predicted octanol–water partition coefficient (Wildman–Crippen LogP) is 1.30. The van der Waals surface area contributed by atoms with Crippen molar-refractivity contribution >= 4 is 17.7 Å². The molecule has 3 fully saturated rings. The van der Waals surface area contributed by atoms with E-state index in [9.17, 15) is 14.4 Å². The third kappa shape index (κ3) is 4.08. The third-order valence-electron chi connectivity index (χ3n) is 5.68. The molecule has 6 heteroatoms. The molecule has 1 N–H and O–H groups in total. The number of nitrogens with zero attached hydrogens (tertiary/aromatic N) is 2. The molecule has 2 heterocycles. The fourth-order valence-electron chi connectivity index (χ4n) is 4.21. The van der Waals surface area contributed by atoms with Crippen molar-refractivity contribution in [3.8, 4) is 0 Å². The molecule has 134 valence electrons. The molecule has 2 aliphatic heterocycles. The Morgan fingerprint density at radius 3 is 2.54 bits per heavy atom. The van der Waals surface area contributed by atoms with Crippen LogP contribution in [0.3, 0.4) is 0 Å². The number of carbonyl (C=O) groups excluding carboxylic acids is 3. The van der Waals surface area contributed by atoms with Gasteiger partial charge in [-0.15, -0.1) is 0 Å². The maximum Gasteiger partial charge on any atom is 0.224 e. The Balaban J connectivity index is 1.44. The highest BCUT2D eigenvalue weighted by atomic mass is 16.2. The number of hydrogen-bond acceptors (Lipinski definition) is 3. The Labute approximate surface area is 143 Å². The van der Waals surface area contributed by atoms with E-state index in [4.69, 9.17) is 0 Å². The van der Waals surface area contributed by atoms with Crippen molar-refractivity contribution in [3.63, 3.8) is 0 Å². The molecule has 1 unspecified atom stereocenters. The Morgan fingerprint density at radius 1 is 1.00 bits per heavy atom. The highest BCUT2D eigenvalue weighted by Gasteiger charge is 2.35. The lowest BCUT2D eigenvalue weighted by Crippen LogP contribution is -2.50. The number of hydrogen-bond donors (Lipinski definition) is 1. The summed E-state index contributed by atoms with van der Waals surface area (Å²) in [7, 11) is 0. The lowest BCUT2D eigenvalue weighted by atomic mass is 9.95. The van der Waals surface area contributed by atoms with Crippen LogP contribution in [0.15, 0.2) is 0 Å². The quantitative estimate of drug-likeness (QED) is 0.823. The van der Waals surface area contributed by atoms with Crippen molar-refractivity contribution in [3.05, 3.63) is 0 Å². The number of amides is 3. The second kappa shape index (κ2) is 7.99. The van der Waals surface area contributed by atoms with Crippen LogP contribution in [0.25, 0.3) is 0 Å². The van der Waals surface area contributed by atoms with Gasteiger partial charge in [0.05, 0.1) is 5.92 Å². The first kappa shape index (κ1) is 17.2. The van der Waals surface area contributed by atoms with E-state index in [-0.39, 0.29) is 23.6 Å². The Hall–Kier alpha value is -1.59. The molecular formula is C18H29N3O3. The molecule has 3 rings (SSSR count). The molecule has 1 saturated carbocycles. The largest absolute Gasteiger partial charge is 0.354 e. The molecular weight excluding hydrogens is 306 g/mol. The Bertz CT molecular complexity index is 488. The van der Waals surface area contributed by atoms with Crippen molar-refractivity contribution in [2.45, 2.75) is 63.8 Å². The second-order valence-corrected chi connectivity index (χ2v) is 7.35. The van der Waals surface area contributed by atoms with Gasteiger partial charge < -0.3 is 15.1 Å². The molecule has 24 heavy (non-hydrogen) atoms. The molecule has 3 aliphatic rings. The molecule has 3 amide bonds. The molecule has 1 aliphatic carbocycles. The topological polar surface area (TPSA) is 69.7 Å². The van der Waals surface area contributed by atoms with Gasteiger partial charge in [-0.25, -0.2) is 0 Å². The van der Waals surface area contributed by atoms with Crippen molar-refractivity contribution in [1.29, 1.82) is 0 Å². The fourth-order valence-corrected chi connectivity index (χ4v) is 4.21. The number of carbonyl (C=O) groups is 3. The summed E-state index contributed by atoms with van der Waals surface area (Å²) in [5.74, 6) is 0.353. The van der Waals surface area contributed by atoms with Crippen LogP contribution in [0.5, 0.6) is 0 Å². The summed E-state index contributed by atoms with van der Waals surface area (Å²) in [4.78, 5) is 40.2. The van der Waals surface area contributed by atoms with Crippen LogP contribution in [0.2, 0.25) is 0 Å². The van der Waals surface area contributed by atoms with Crippen LogP contribution in [-0.2, 0) is 14.4 Å². The van der Waals surface area contributed by atoms with E-state index in [1.165, 1.54) is 12.8 Å². The molecule has 0 bridgehead atoms. The van der Waals surface area contributed by atoms with E-state index in [2.05, 4.69) is 5.32 Å². The smallest absolute Gasteiger partial charge is 0.224 e. The van der Waals surface area contributed by atoms with Gasteiger partial charge in [-0.05, 0) is 32.1 Å². The maximum atomic E-state index is 12.4. The van der Waals surface area contributed by atoms with Gasteiger partial charge in [0, 0.05) is 45.1 Å². The summed E-state index contributed by atoms with van der Waals surface area (Å²) < 4.78 is 0. The average Bonchev–Trinajstić information content (AvgIpc) is 3.11.